The van der Waals surface area contributed by atoms with Crippen LogP contribution in [0.15, 0.2) is 48.7 Å². The van der Waals surface area contributed by atoms with Crippen LogP contribution in [0.5, 0.6) is 0 Å². The molecule has 2 heterocycles. The molecule has 120 valence electrons. The van der Waals surface area contributed by atoms with Crippen LogP contribution in [-0.2, 0) is 16.0 Å². The number of anilines is 2. The van der Waals surface area contributed by atoms with E-state index >= 15 is 0 Å². The second kappa shape index (κ2) is 7.74. The van der Waals surface area contributed by atoms with Crippen molar-refractivity contribution in [3.8, 4) is 0 Å². The SMILES string of the molecule is O=C(CCc1ccccc1)Nc1ccc(N2CCOCC2)nc1. The standard InChI is InChI=1S/C18H21N3O2/c22-18(9-6-15-4-2-1-3-5-15)20-16-7-8-17(19-14-16)21-10-12-23-13-11-21/h1-5,7-8,14H,6,9-13H2,(H,20,22). The average molecular weight is 311 g/mol. The van der Waals surface area contributed by atoms with Crippen molar-refractivity contribution in [3.63, 3.8) is 0 Å². The third kappa shape index (κ3) is 4.53. The van der Waals surface area contributed by atoms with Gasteiger partial charge in [0.2, 0.25) is 5.91 Å². The summed E-state index contributed by atoms with van der Waals surface area (Å²) in [5.41, 5.74) is 1.91. The van der Waals surface area contributed by atoms with Crippen LogP contribution in [0, 0.1) is 0 Å². The Kier molecular flexibility index (Phi) is 5.21. The number of hydrogen-bond donors (Lipinski definition) is 1. The predicted molar refractivity (Wildman–Crippen MR) is 90.7 cm³/mol. The van der Waals surface area contributed by atoms with E-state index in [1.54, 1.807) is 6.20 Å². The quantitative estimate of drug-likeness (QED) is 0.922. The third-order valence-corrected chi connectivity index (χ3v) is 3.85. The fraction of sp³-hybridized carbons (Fsp3) is 0.333. The number of nitrogens with one attached hydrogen (secondary N) is 1. The average Bonchev–Trinajstić information content (AvgIpc) is 2.62. The van der Waals surface area contributed by atoms with Crippen molar-refractivity contribution in [2.75, 3.05) is 36.5 Å². The van der Waals surface area contributed by atoms with Gasteiger partial charge in [0.25, 0.3) is 0 Å². The highest BCUT2D eigenvalue weighted by Gasteiger charge is 2.12. The van der Waals surface area contributed by atoms with Gasteiger partial charge in [-0.05, 0) is 24.1 Å². The summed E-state index contributed by atoms with van der Waals surface area (Å²) in [7, 11) is 0. The van der Waals surface area contributed by atoms with Crippen molar-refractivity contribution < 1.29 is 9.53 Å². The number of nitrogens with zero attached hydrogens (tertiary/aromatic N) is 2. The van der Waals surface area contributed by atoms with Crippen LogP contribution in [0.1, 0.15) is 12.0 Å². The van der Waals surface area contributed by atoms with Gasteiger partial charge in [0.1, 0.15) is 5.82 Å². The first kappa shape index (κ1) is 15.5. The second-order valence-electron chi connectivity index (χ2n) is 5.54. The van der Waals surface area contributed by atoms with Gasteiger partial charge in [-0.1, -0.05) is 30.3 Å². The zero-order valence-electron chi connectivity index (χ0n) is 13.1. The van der Waals surface area contributed by atoms with Gasteiger partial charge in [0.05, 0.1) is 25.1 Å². The molecule has 5 heteroatoms. The molecule has 0 spiro atoms. The first-order valence-electron chi connectivity index (χ1n) is 7.94. The van der Waals surface area contributed by atoms with Gasteiger partial charge in [-0.2, -0.15) is 0 Å². The maximum atomic E-state index is 12.0. The number of carbonyl (C=O) groups excluding carboxylic acids is 1. The van der Waals surface area contributed by atoms with E-state index in [1.807, 2.05) is 42.5 Å². The minimum Gasteiger partial charge on any atom is -0.378 e. The van der Waals surface area contributed by atoms with Crippen LogP contribution in [0.25, 0.3) is 0 Å². The Bertz CT molecular complexity index is 622. The minimum atomic E-state index is 0.00905. The molecule has 1 saturated heterocycles. The molecule has 1 aromatic heterocycles. The fourth-order valence-corrected chi connectivity index (χ4v) is 2.57. The Hall–Kier alpha value is -2.40. The first-order chi connectivity index (χ1) is 11.3. The Labute approximate surface area is 136 Å². The van der Waals surface area contributed by atoms with E-state index in [9.17, 15) is 4.79 Å². The first-order valence-corrected chi connectivity index (χ1v) is 7.94. The Morgan fingerprint density at radius 1 is 1.13 bits per heavy atom. The second-order valence-corrected chi connectivity index (χ2v) is 5.54. The van der Waals surface area contributed by atoms with Gasteiger partial charge >= 0.3 is 0 Å². The highest BCUT2D eigenvalue weighted by atomic mass is 16.5. The zero-order valence-corrected chi connectivity index (χ0v) is 13.1. The van der Waals surface area contributed by atoms with Crippen molar-refractivity contribution in [1.82, 2.24) is 4.98 Å². The molecular formula is C18H21N3O2. The van der Waals surface area contributed by atoms with Gasteiger partial charge in [-0.25, -0.2) is 4.98 Å². The largest absolute Gasteiger partial charge is 0.378 e. The number of aryl methyl sites for hydroxylation is 1. The maximum absolute atomic E-state index is 12.0. The third-order valence-electron chi connectivity index (χ3n) is 3.85. The summed E-state index contributed by atoms with van der Waals surface area (Å²) in [6.07, 6.45) is 2.92. The number of amides is 1. The van der Waals surface area contributed by atoms with E-state index < -0.39 is 0 Å². The van der Waals surface area contributed by atoms with Gasteiger partial charge < -0.3 is 15.0 Å². The monoisotopic (exact) mass is 311 g/mol. The van der Waals surface area contributed by atoms with Crippen molar-refractivity contribution >= 4 is 17.4 Å². The number of pyridine rings is 1. The Morgan fingerprint density at radius 2 is 1.91 bits per heavy atom. The van der Waals surface area contributed by atoms with Crippen LogP contribution in [0.4, 0.5) is 11.5 Å². The highest BCUT2D eigenvalue weighted by Crippen LogP contribution is 2.15. The van der Waals surface area contributed by atoms with Gasteiger partial charge in [0, 0.05) is 19.5 Å². The summed E-state index contributed by atoms with van der Waals surface area (Å²) in [6.45, 7) is 3.19. The smallest absolute Gasteiger partial charge is 0.224 e. The number of carbonyl (C=O) groups is 1. The molecule has 0 atom stereocenters. The van der Waals surface area contributed by atoms with E-state index in [-0.39, 0.29) is 5.91 Å². The van der Waals surface area contributed by atoms with Crippen molar-refractivity contribution in [2.45, 2.75) is 12.8 Å². The number of hydrogen-bond acceptors (Lipinski definition) is 4. The summed E-state index contributed by atoms with van der Waals surface area (Å²) >= 11 is 0. The van der Waals surface area contributed by atoms with E-state index in [1.165, 1.54) is 5.56 Å². The molecule has 1 aliphatic rings. The van der Waals surface area contributed by atoms with Crippen LogP contribution < -0.4 is 10.2 Å². The van der Waals surface area contributed by atoms with E-state index in [4.69, 9.17) is 4.74 Å². The molecule has 1 aromatic carbocycles. The van der Waals surface area contributed by atoms with E-state index in [0.29, 0.717) is 6.42 Å². The van der Waals surface area contributed by atoms with Crippen molar-refractivity contribution in [3.05, 3.63) is 54.2 Å². The molecule has 0 saturated carbocycles. The van der Waals surface area contributed by atoms with Gasteiger partial charge in [0.15, 0.2) is 0 Å². The van der Waals surface area contributed by atoms with Crippen molar-refractivity contribution in [2.24, 2.45) is 0 Å². The molecule has 1 fully saturated rings. The fourth-order valence-electron chi connectivity index (χ4n) is 2.57. The summed E-state index contributed by atoms with van der Waals surface area (Å²) < 4.78 is 5.33. The van der Waals surface area contributed by atoms with E-state index in [2.05, 4.69) is 15.2 Å². The molecule has 23 heavy (non-hydrogen) atoms. The molecule has 1 amide bonds. The minimum absolute atomic E-state index is 0.00905. The number of rotatable bonds is 5. The predicted octanol–water partition coefficient (Wildman–Crippen LogP) is 2.49. The van der Waals surface area contributed by atoms with E-state index in [0.717, 1.165) is 44.2 Å². The number of aromatic nitrogens is 1. The highest BCUT2D eigenvalue weighted by molar-refractivity contribution is 5.90. The lowest BCUT2D eigenvalue weighted by atomic mass is 10.1. The number of ether oxygens (including phenoxy) is 1. The Balaban J connectivity index is 1.50. The summed E-state index contributed by atoms with van der Waals surface area (Å²) in [6, 6.07) is 13.9. The summed E-state index contributed by atoms with van der Waals surface area (Å²) in [5.74, 6) is 0.936. The molecule has 0 radical (unpaired) electrons. The van der Waals surface area contributed by atoms with Crippen LogP contribution in [0.2, 0.25) is 0 Å². The maximum Gasteiger partial charge on any atom is 0.224 e. The zero-order chi connectivity index (χ0) is 15.9. The molecule has 3 rings (SSSR count). The molecule has 1 aliphatic heterocycles. The topological polar surface area (TPSA) is 54.5 Å². The normalized spacial score (nSPS) is 14.5. The molecular weight excluding hydrogens is 290 g/mol. The summed E-state index contributed by atoms with van der Waals surface area (Å²) in [5, 5.41) is 2.90. The van der Waals surface area contributed by atoms with Crippen molar-refractivity contribution in [1.29, 1.82) is 0 Å². The molecule has 0 aliphatic carbocycles. The number of benzene rings is 1. The molecule has 1 N–H and O–H groups in total. The van der Waals surface area contributed by atoms with Crippen LogP contribution >= 0.6 is 0 Å². The Morgan fingerprint density at radius 3 is 2.61 bits per heavy atom. The van der Waals surface area contributed by atoms with Gasteiger partial charge in [-0.3, -0.25) is 4.79 Å². The van der Waals surface area contributed by atoms with Gasteiger partial charge in [-0.15, -0.1) is 0 Å². The van der Waals surface area contributed by atoms with Crippen LogP contribution in [0.3, 0.4) is 0 Å². The lowest BCUT2D eigenvalue weighted by Gasteiger charge is -2.27. The molecule has 2 aromatic rings. The summed E-state index contributed by atoms with van der Waals surface area (Å²) in [4.78, 5) is 18.6. The lowest BCUT2D eigenvalue weighted by Crippen LogP contribution is -2.36. The molecule has 0 bridgehead atoms. The number of morpholine rings is 1. The lowest BCUT2D eigenvalue weighted by molar-refractivity contribution is -0.116. The molecule has 5 nitrogen and oxygen atoms in total. The molecule has 0 unspecified atom stereocenters. The van der Waals surface area contributed by atoms with Crippen LogP contribution in [-0.4, -0.2) is 37.2 Å².